The number of hydrogen-bond donors (Lipinski definition) is 0. The number of allylic oxidation sites excluding steroid dienone is 5. The third-order valence-corrected chi connectivity index (χ3v) is 6.77. The van der Waals surface area contributed by atoms with Crippen molar-refractivity contribution >= 4 is 0 Å². The van der Waals surface area contributed by atoms with Crippen molar-refractivity contribution in [2.75, 3.05) is 0 Å². The fourth-order valence-electron chi connectivity index (χ4n) is 5.58. The van der Waals surface area contributed by atoms with Crippen LogP contribution in [-0.2, 0) is 5.41 Å². The molecule has 2 aliphatic rings. The van der Waals surface area contributed by atoms with Crippen molar-refractivity contribution in [2.45, 2.75) is 24.2 Å². The van der Waals surface area contributed by atoms with Crippen LogP contribution in [0.2, 0.25) is 0 Å². The molecule has 0 fully saturated rings. The van der Waals surface area contributed by atoms with Gasteiger partial charge in [0.25, 0.3) is 0 Å². The molecule has 5 rings (SSSR count). The molecule has 3 aromatic rings. The average Bonchev–Trinajstić information content (AvgIpc) is 3.43. The molecule has 0 amide bonds. The smallest absolute Gasteiger partial charge is 0.0207 e. The Hall–Kier alpha value is -3.12. The molecule has 0 aromatic heterocycles. The second kappa shape index (κ2) is 7.37. The molecule has 0 nitrogen and oxygen atoms in total. The topological polar surface area (TPSA) is 0 Å². The molecule has 3 aromatic carbocycles. The maximum atomic E-state index is 4.06. The summed E-state index contributed by atoms with van der Waals surface area (Å²) < 4.78 is 0. The molecular formula is C29H26. The zero-order valence-corrected chi connectivity index (χ0v) is 16.7. The average molecular weight is 375 g/mol. The Balaban J connectivity index is 1.82. The summed E-state index contributed by atoms with van der Waals surface area (Å²) in [6.45, 7) is 4.06. The van der Waals surface area contributed by atoms with Crippen LogP contribution in [-0.4, -0.2) is 0 Å². The lowest BCUT2D eigenvalue weighted by Crippen LogP contribution is -2.39. The first-order chi connectivity index (χ1) is 14.4. The zero-order valence-electron chi connectivity index (χ0n) is 16.7. The van der Waals surface area contributed by atoms with E-state index in [0.29, 0.717) is 11.8 Å². The van der Waals surface area contributed by atoms with Gasteiger partial charge < -0.3 is 0 Å². The van der Waals surface area contributed by atoms with Gasteiger partial charge >= 0.3 is 0 Å². The minimum atomic E-state index is -0.0539. The molecule has 142 valence electrons. The highest BCUT2D eigenvalue weighted by atomic mass is 14.5. The van der Waals surface area contributed by atoms with Crippen molar-refractivity contribution in [1.82, 2.24) is 0 Å². The largest absolute Gasteiger partial charge is 0.103 e. The van der Waals surface area contributed by atoms with Crippen LogP contribution in [0.25, 0.3) is 11.1 Å². The Morgan fingerprint density at radius 2 is 1.28 bits per heavy atom. The van der Waals surface area contributed by atoms with Gasteiger partial charge in [-0.1, -0.05) is 109 Å². The number of rotatable bonds is 6. The maximum absolute atomic E-state index is 4.06. The highest BCUT2D eigenvalue weighted by Crippen LogP contribution is 2.59. The van der Waals surface area contributed by atoms with E-state index in [-0.39, 0.29) is 5.41 Å². The van der Waals surface area contributed by atoms with E-state index in [0.717, 1.165) is 12.8 Å². The first-order valence-corrected chi connectivity index (χ1v) is 10.6. The van der Waals surface area contributed by atoms with Gasteiger partial charge in [-0.2, -0.15) is 0 Å². The van der Waals surface area contributed by atoms with Crippen molar-refractivity contribution < 1.29 is 0 Å². The Morgan fingerprint density at radius 1 is 0.724 bits per heavy atom. The van der Waals surface area contributed by atoms with Crippen LogP contribution >= 0.6 is 0 Å². The van der Waals surface area contributed by atoms with Gasteiger partial charge in [0.1, 0.15) is 0 Å². The van der Waals surface area contributed by atoms with Gasteiger partial charge in [0.2, 0.25) is 0 Å². The van der Waals surface area contributed by atoms with Gasteiger partial charge in [-0.25, -0.2) is 0 Å². The number of hydrogen-bond acceptors (Lipinski definition) is 0. The van der Waals surface area contributed by atoms with Gasteiger partial charge in [-0.05, 0) is 40.7 Å². The molecule has 2 aliphatic carbocycles. The summed E-state index contributed by atoms with van der Waals surface area (Å²) in [4.78, 5) is 0. The summed E-state index contributed by atoms with van der Waals surface area (Å²) in [5.74, 6) is 0.670. The molecule has 0 N–H and O–H groups in total. The van der Waals surface area contributed by atoms with Crippen molar-refractivity contribution in [1.29, 1.82) is 0 Å². The molecular weight excluding hydrogens is 348 g/mol. The van der Waals surface area contributed by atoms with E-state index >= 15 is 0 Å². The fraction of sp³-hybridized carbons (Fsp3) is 0.172. The van der Waals surface area contributed by atoms with Crippen LogP contribution in [0.15, 0.2) is 116 Å². The second-order valence-electron chi connectivity index (χ2n) is 8.14. The molecule has 0 spiro atoms. The third-order valence-electron chi connectivity index (χ3n) is 6.77. The molecule has 0 bridgehead atoms. The lowest BCUT2D eigenvalue weighted by Gasteiger charge is -2.44. The van der Waals surface area contributed by atoms with E-state index < -0.39 is 0 Å². The number of fused-ring (bicyclic) bond motifs is 3. The Labute approximate surface area is 173 Å². The first kappa shape index (κ1) is 17.9. The lowest BCUT2D eigenvalue weighted by atomic mass is 9.58. The second-order valence-corrected chi connectivity index (χ2v) is 8.14. The van der Waals surface area contributed by atoms with Crippen molar-refractivity contribution in [3.8, 4) is 11.1 Å². The quantitative estimate of drug-likeness (QED) is 0.393. The molecule has 0 heteroatoms. The van der Waals surface area contributed by atoms with Crippen molar-refractivity contribution in [3.63, 3.8) is 0 Å². The predicted molar refractivity (Wildman–Crippen MR) is 123 cm³/mol. The summed E-state index contributed by atoms with van der Waals surface area (Å²) in [5, 5.41) is 0. The van der Waals surface area contributed by atoms with E-state index in [1.54, 1.807) is 0 Å². The molecule has 0 heterocycles. The van der Waals surface area contributed by atoms with Crippen LogP contribution in [0, 0.1) is 5.92 Å². The monoisotopic (exact) mass is 374 g/mol. The minimum Gasteiger partial charge on any atom is -0.103 e. The van der Waals surface area contributed by atoms with Gasteiger partial charge in [0.05, 0.1) is 0 Å². The van der Waals surface area contributed by atoms with Crippen LogP contribution in [0.3, 0.4) is 0 Å². The number of benzene rings is 3. The zero-order chi connectivity index (χ0) is 19.7. The highest BCUT2D eigenvalue weighted by molar-refractivity contribution is 5.80. The third kappa shape index (κ3) is 2.75. The Morgan fingerprint density at radius 3 is 1.86 bits per heavy atom. The van der Waals surface area contributed by atoms with Gasteiger partial charge in [0.15, 0.2) is 0 Å². The van der Waals surface area contributed by atoms with Crippen molar-refractivity contribution in [3.05, 3.63) is 133 Å². The highest BCUT2D eigenvalue weighted by Gasteiger charge is 2.49. The maximum Gasteiger partial charge on any atom is 0.0207 e. The van der Waals surface area contributed by atoms with Crippen LogP contribution in [0.4, 0.5) is 0 Å². The molecule has 0 saturated heterocycles. The van der Waals surface area contributed by atoms with E-state index in [1.807, 2.05) is 0 Å². The normalized spacial score (nSPS) is 17.1. The summed E-state index contributed by atoms with van der Waals surface area (Å²) in [7, 11) is 0. The van der Waals surface area contributed by atoms with Crippen LogP contribution in [0.1, 0.15) is 35.4 Å². The minimum absolute atomic E-state index is 0.0539. The molecule has 0 aliphatic heterocycles. The molecule has 0 radical (unpaired) electrons. The fourth-order valence-corrected chi connectivity index (χ4v) is 5.58. The van der Waals surface area contributed by atoms with Crippen LogP contribution in [0.5, 0.6) is 0 Å². The lowest BCUT2D eigenvalue weighted by molar-refractivity contribution is 0.302. The SMILES string of the molecule is C=CCCC(c1ccccc1)(C1C=CC=C1)C1c2ccccc2-c2ccccc21. The van der Waals surface area contributed by atoms with E-state index in [9.17, 15) is 0 Å². The summed E-state index contributed by atoms with van der Waals surface area (Å²) in [6, 6.07) is 29.1. The first-order valence-electron chi connectivity index (χ1n) is 10.6. The van der Waals surface area contributed by atoms with E-state index in [2.05, 4.69) is 116 Å². The van der Waals surface area contributed by atoms with Crippen molar-refractivity contribution in [2.24, 2.45) is 5.92 Å². The molecule has 1 atom stereocenters. The van der Waals surface area contributed by atoms with Gasteiger partial charge in [-0.3, -0.25) is 0 Å². The molecule has 0 saturated carbocycles. The Bertz CT molecular complexity index is 1030. The van der Waals surface area contributed by atoms with E-state index in [1.165, 1.54) is 27.8 Å². The predicted octanol–water partition coefficient (Wildman–Crippen LogP) is 7.45. The standard InChI is InChI=1S/C29H26/c1-2-3-21-29(23-15-7-8-16-23,22-13-5-4-6-14-22)28-26-19-11-9-17-24(26)25-18-10-12-20-27(25)28/h2,4-20,23,28H,1,3,21H2. The molecule has 29 heavy (non-hydrogen) atoms. The summed E-state index contributed by atoms with van der Waals surface area (Å²) in [6.07, 6.45) is 13.3. The Kier molecular flexibility index (Phi) is 4.56. The molecule has 1 unspecified atom stereocenters. The van der Waals surface area contributed by atoms with E-state index in [4.69, 9.17) is 0 Å². The van der Waals surface area contributed by atoms with Gasteiger partial charge in [0, 0.05) is 17.3 Å². The summed E-state index contributed by atoms with van der Waals surface area (Å²) in [5.41, 5.74) is 7.04. The summed E-state index contributed by atoms with van der Waals surface area (Å²) >= 11 is 0. The van der Waals surface area contributed by atoms with Crippen LogP contribution < -0.4 is 0 Å². The van der Waals surface area contributed by atoms with Gasteiger partial charge in [-0.15, -0.1) is 6.58 Å².